The predicted octanol–water partition coefficient (Wildman–Crippen LogP) is 3.75. The third-order valence-corrected chi connectivity index (χ3v) is 5.91. The van der Waals surface area contributed by atoms with Crippen LogP contribution < -0.4 is 10.0 Å². The summed E-state index contributed by atoms with van der Waals surface area (Å²) in [5, 5.41) is 4.58. The summed E-state index contributed by atoms with van der Waals surface area (Å²) in [4.78, 5) is 12.2. The van der Waals surface area contributed by atoms with Crippen LogP contribution in [0, 0.1) is 3.57 Å². The average molecular weight is 480 g/mol. The van der Waals surface area contributed by atoms with E-state index >= 15 is 0 Å². The molecule has 0 saturated carbocycles. The molecule has 0 aliphatic carbocycles. The third kappa shape index (κ3) is 4.80. The standard InChI is InChI=1S/C19H17IN2O3S/c20-16-6-3-7-17(13-16)22-19(23)10-11-21-26(24,25)18-9-8-14-4-1-2-5-15(14)12-18/h1-9,12-13,21H,10-11H2,(H,22,23). The fraction of sp³-hybridized carbons (Fsp3) is 0.105. The number of halogens is 1. The highest BCUT2D eigenvalue weighted by Gasteiger charge is 2.14. The summed E-state index contributed by atoms with van der Waals surface area (Å²) >= 11 is 2.16. The number of hydrogen-bond donors (Lipinski definition) is 2. The number of anilines is 1. The van der Waals surface area contributed by atoms with Gasteiger partial charge in [0.1, 0.15) is 0 Å². The van der Waals surface area contributed by atoms with Crippen LogP contribution >= 0.6 is 22.6 Å². The number of nitrogens with one attached hydrogen (secondary N) is 2. The minimum absolute atomic E-state index is 0.0327. The van der Waals surface area contributed by atoms with Crippen LogP contribution in [-0.4, -0.2) is 20.9 Å². The number of sulfonamides is 1. The summed E-state index contributed by atoms with van der Waals surface area (Å²) in [6.07, 6.45) is 0.0539. The Balaban J connectivity index is 1.59. The normalized spacial score (nSPS) is 11.4. The van der Waals surface area contributed by atoms with Crippen LogP contribution in [0.1, 0.15) is 6.42 Å². The lowest BCUT2D eigenvalue weighted by atomic mass is 10.1. The Morgan fingerprint density at radius 3 is 2.46 bits per heavy atom. The Hall–Kier alpha value is -1.97. The molecule has 1 amide bonds. The molecule has 0 aliphatic heterocycles. The molecule has 7 heteroatoms. The van der Waals surface area contributed by atoms with Gasteiger partial charge in [-0.25, -0.2) is 13.1 Å². The van der Waals surface area contributed by atoms with Crippen molar-refractivity contribution < 1.29 is 13.2 Å². The van der Waals surface area contributed by atoms with Gasteiger partial charge in [0.2, 0.25) is 15.9 Å². The molecule has 0 heterocycles. The van der Waals surface area contributed by atoms with Crippen molar-refractivity contribution in [2.45, 2.75) is 11.3 Å². The van der Waals surface area contributed by atoms with Crippen LogP contribution in [0.25, 0.3) is 10.8 Å². The highest BCUT2D eigenvalue weighted by atomic mass is 127. The second-order valence-electron chi connectivity index (χ2n) is 5.72. The van der Waals surface area contributed by atoms with Crippen molar-refractivity contribution in [1.82, 2.24) is 4.72 Å². The molecule has 2 N–H and O–H groups in total. The van der Waals surface area contributed by atoms with E-state index in [2.05, 4.69) is 32.6 Å². The number of amides is 1. The van der Waals surface area contributed by atoms with Gasteiger partial charge < -0.3 is 5.32 Å². The molecule has 3 aromatic rings. The Bertz CT molecular complexity index is 1050. The average Bonchev–Trinajstić information content (AvgIpc) is 2.61. The number of carbonyl (C=O) groups is 1. The quantitative estimate of drug-likeness (QED) is 0.528. The van der Waals surface area contributed by atoms with Gasteiger partial charge in [0.25, 0.3) is 0 Å². The van der Waals surface area contributed by atoms with Crippen LogP contribution in [0.5, 0.6) is 0 Å². The minimum atomic E-state index is -3.66. The monoisotopic (exact) mass is 480 g/mol. The van der Waals surface area contributed by atoms with Crippen molar-refractivity contribution in [3.8, 4) is 0 Å². The van der Waals surface area contributed by atoms with E-state index in [9.17, 15) is 13.2 Å². The molecule has 0 atom stereocenters. The molecule has 0 fully saturated rings. The molecule has 0 spiro atoms. The molecule has 3 rings (SSSR count). The van der Waals surface area contributed by atoms with Crippen molar-refractivity contribution >= 4 is 55.0 Å². The van der Waals surface area contributed by atoms with E-state index in [1.165, 1.54) is 0 Å². The van der Waals surface area contributed by atoms with Crippen LogP contribution in [-0.2, 0) is 14.8 Å². The molecule has 0 saturated heterocycles. The van der Waals surface area contributed by atoms with Crippen molar-refractivity contribution in [3.05, 3.63) is 70.3 Å². The molecule has 0 bridgehead atoms. The van der Waals surface area contributed by atoms with Gasteiger partial charge in [0, 0.05) is 22.2 Å². The van der Waals surface area contributed by atoms with Crippen molar-refractivity contribution in [1.29, 1.82) is 0 Å². The van der Waals surface area contributed by atoms with Gasteiger partial charge >= 0.3 is 0 Å². The van der Waals surface area contributed by atoms with Gasteiger partial charge in [-0.05, 0) is 63.7 Å². The number of rotatable bonds is 6. The number of benzene rings is 3. The third-order valence-electron chi connectivity index (χ3n) is 3.78. The molecule has 134 valence electrons. The summed E-state index contributed by atoms with van der Waals surface area (Å²) in [5.74, 6) is -0.242. The smallest absolute Gasteiger partial charge is 0.240 e. The second-order valence-corrected chi connectivity index (χ2v) is 8.73. The van der Waals surface area contributed by atoms with E-state index < -0.39 is 10.0 Å². The number of fused-ring (bicyclic) bond motifs is 1. The first kappa shape index (κ1) is 18.8. The molecular weight excluding hydrogens is 463 g/mol. The van der Waals surface area contributed by atoms with Crippen LogP contribution in [0.2, 0.25) is 0 Å². The second kappa shape index (κ2) is 8.15. The van der Waals surface area contributed by atoms with Crippen LogP contribution in [0.4, 0.5) is 5.69 Å². The lowest BCUT2D eigenvalue weighted by Gasteiger charge is -2.09. The summed E-state index contributed by atoms with van der Waals surface area (Å²) in [6.45, 7) is 0.0327. The van der Waals surface area contributed by atoms with Crippen molar-refractivity contribution in [2.75, 3.05) is 11.9 Å². The van der Waals surface area contributed by atoms with E-state index in [-0.39, 0.29) is 23.8 Å². The molecule has 0 unspecified atom stereocenters. The molecule has 0 radical (unpaired) electrons. The van der Waals surface area contributed by atoms with Crippen LogP contribution in [0.3, 0.4) is 0 Å². The maximum Gasteiger partial charge on any atom is 0.240 e. The van der Waals surface area contributed by atoms with Gasteiger partial charge in [-0.2, -0.15) is 0 Å². The molecule has 0 aromatic heterocycles. The van der Waals surface area contributed by atoms with Gasteiger partial charge in [-0.3, -0.25) is 4.79 Å². The maximum absolute atomic E-state index is 12.4. The van der Waals surface area contributed by atoms with E-state index in [1.54, 1.807) is 24.3 Å². The van der Waals surface area contributed by atoms with E-state index in [0.29, 0.717) is 5.69 Å². The summed E-state index contributed by atoms with van der Waals surface area (Å²) < 4.78 is 28.3. The lowest BCUT2D eigenvalue weighted by Crippen LogP contribution is -2.27. The first-order valence-electron chi connectivity index (χ1n) is 7.98. The SMILES string of the molecule is O=C(CCNS(=O)(=O)c1ccc2ccccc2c1)Nc1cccc(I)c1. The Labute approximate surface area is 166 Å². The predicted molar refractivity (Wildman–Crippen MR) is 112 cm³/mol. The van der Waals surface area contributed by atoms with Crippen molar-refractivity contribution in [2.24, 2.45) is 0 Å². The van der Waals surface area contributed by atoms with Crippen molar-refractivity contribution in [3.63, 3.8) is 0 Å². The zero-order valence-electron chi connectivity index (χ0n) is 13.8. The molecule has 0 aliphatic rings. The Morgan fingerprint density at radius 2 is 1.69 bits per heavy atom. The summed E-state index contributed by atoms with van der Waals surface area (Å²) in [7, 11) is -3.66. The molecular formula is C19H17IN2O3S. The lowest BCUT2D eigenvalue weighted by molar-refractivity contribution is -0.116. The Morgan fingerprint density at radius 1 is 0.923 bits per heavy atom. The first-order valence-corrected chi connectivity index (χ1v) is 10.5. The fourth-order valence-electron chi connectivity index (χ4n) is 2.51. The summed E-state index contributed by atoms with van der Waals surface area (Å²) in [6, 6.07) is 19.9. The van der Waals surface area contributed by atoms with E-state index in [1.807, 2.05) is 42.5 Å². The number of hydrogen-bond acceptors (Lipinski definition) is 3. The van der Waals surface area contributed by atoms with Gasteiger partial charge in [-0.1, -0.05) is 36.4 Å². The largest absolute Gasteiger partial charge is 0.326 e. The van der Waals surface area contributed by atoms with E-state index in [0.717, 1.165) is 14.3 Å². The van der Waals surface area contributed by atoms with E-state index in [4.69, 9.17) is 0 Å². The van der Waals surface area contributed by atoms with Gasteiger partial charge in [0.05, 0.1) is 4.90 Å². The topological polar surface area (TPSA) is 75.3 Å². The zero-order chi connectivity index (χ0) is 18.6. The van der Waals surface area contributed by atoms with Gasteiger partial charge in [-0.15, -0.1) is 0 Å². The molecule has 3 aromatic carbocycles. The van der Waals surface area contributed by atoms with Gasteiger partial charge in [0.15, 0.2) is 0 Å². The summed E-state index contributed by atoms with van der Waals surface area (Å²) in [5.41, 5.74) is 0.694. The Kier molecular flexibility index (Phi) is 5.90. The first-order chi connectivity index (χ1) is 12.4. The van der Waals surface area contributed by atoms with Crippen LogP contribution in [0.15, 0.2) is 71.6 Å². The zero-order valence-corrected chi connectivity index (χ0v) is 16.8. The molecule has 5 nitrogen and oxygen atoms in total. The number of carbonyl (C=O) groups excluding carboxylic acids is 1. The highest BCUT2D eigenvalue weighted by molar-refractivity contribution is 14.1. The fourth-order valence-corrected chi connectivity index (χ4v) is 4.12. The maximum atomic E-state index is 12.4. The minimum Gasteiger partial charge on any atom is -0.326 e. The molecule has 26 heavy (non-hydrogen) atoms. The highest BCUT2D eigenvalue weighted by Crippen LogP contribution is 2.19.